The molecular formula is C13H15N3. The van der Waals surface area contributed by atoms with Crippen molar-refractivity contribution in [3.8, 4) is 0 Å². The smallest absolute Gasteiger partial charge is 0.0955 e. The third-order valence-electron chi connectivity index (χ3n) is 3.23. The van der Waals surface area contributed by atoms with Gasteiger partial charge in [-0.3, -0.25) is 4.98 Å². The molecule has 2 N–H and O–H groups in total. The molecule has 3 heteroatoms. The minimum atomic E-state index is 0.811. The van der Waals surface area contributed by atoms with Gasteiger partial charge in [0.25, 0.3) is 0 Å². The van der Waals surface area contributed by atoms with Crippen molar-refractivity contribution in [1.29, 1.82) is 0 Å². The summed E-state index contributed by atoms with van der Waals surface area (Å²) in [5.41, 5.74) is 9.03. The van der Waals surface area contributed by atoms with Gasteiger partial charge in [-0.25, -0.2) is 0 Å². The number of rotatable bonds is 1. The molecule has 3 nitrogen and oxygen atoms in total. The maximum atomic E-state index is 5.97. The Bertz CT molecular complexity index is 516. The molecule has 82 valence electrons. The summed E-state index contributed by atoms with van der Waals surface area (Å²) in [6.07, 6.45) is 4.39. The molecule has 1 aliphatic rings. The van der Waals surface area contributed by atoms with Crippen LogP contribution in [0.3, 0.4) is 0 Å². The van der Waals surface area contributed by atoms with E-state index in [1.165, 1.54) is 18.5 Å². The van der Waals surface area contributed by atoms with E-state index < -0.39 is 0 Å². The number of nitrogen functional groups attached to an aromatic ring is 1. The second-order valence-electron chi connectivity index (χ2n) is 4.27. The maximum absolute atomic E-state index is 5.97. The summed E-state index contributed by atoms with van der Waals surface area (Å²) in [5, 5.41) is 1.06. The Morgan fingerprint density at radius 3 is 2.75 bits per heavy atom. The highest BCUT2D eigenvalue weighted by Crippen LogP contribution is 2.30. The Hall–Kier alpha value is -1.77. The molecule has 1 saturated heterocycles. The van der Waals surface area contributed by atoms with Crippen molar-refractivity contribution in [2.24, 2.45) is 0 Å². The van der Waals surface area contributed by atoms with Crippen molar-refractivity contribution >= 4 is 22.3 Å². The highest BCUT2D eigenvalue weighted by molar-refractivity contribution is 5.98. The van der Waals surface area contributed by atoms with Gasteiger partial charge >= 0.3 is 0 Å². The first-order valence-electron chi connectivity index (χ1n) is 5.74. The average molecular weight is 213 g/mol. The van der Waals surface area contributed by atoms with Crippen LogP contribution in [0.15, 0.2) is 30.5 Å². The molecule has 16 heavy (non-hydrogen) atoms. The molecule has 2 heterocycles. The van der Waals surface area contributed by atoms with E-state index in [0.717, 1.165) is 29.7 Å². The largest absolute Gasteiger partial charge is 0.398 e. The number of aromatic nitrogens is 1. The fraction of sp³-hybridized carbons (Fsp3) is 0.308. The number of fused-ring (bicyclic) bond motifs is 1. The number of pyridine rings is 1. The molecule has 3 rings (SSSR count). The van der Waals surface area contributed by atoms with Gasteiger partial charge in [-0.05, 0) is 37.1 Å². The van der Waals surface area contributed by atoms with E-state index in [2.05, 4.69) is 16.0 Å². The number of anilines is 2. The first kappa shape index (κ1) is 9.46. The molecule has 0 spiro atoms. The van der Waals surface area contributed by atoms with Crippen molar-refractivity contribution in [3.05, 3.63) is 30.5 Å². The van der Waals surface area contributed by atoms with E-state index in [4.69, 9.17) is 5.73 Å². The van der Waals surface area contributed by atoms with Crippen molar-refractivity contribution in [2.45, 2.75) is 12.8 Å². The first-order valence-corrected chi connectivity index (χ1v) is 5.74. The highest BCUT2D eigenvalue weighted by atomic mass is 15.1. The minimum Gasteiger partial charge on any atom is -0.398 e. The zero-order valence-corrected chi connectivity index (χ0v) is 9.19. The SMILES string of the molecule is Nc1ccc(N2CCCC2)c2ncccc12. The first-order chi connectivity index (χ1) is 7.86. The van der Waals surface area contributed by atoms with Crippen LogP contribution in [-0.2, 0) is 0 Å². The Labute approximate surface area is 94.9 Å². The van der Waals surface area contributed by atoms with E-state index in [9.17, 15) is 0 Å². The third kappa shape index (κ3) is 1.40. The molecule has 0 aliphatic carbocycles. The zero-order valence-electron chi connectivity index (χ0n) is 9.19. The Balaban J connectivity index is 2.21. The minimum absolute atomic E-state index is 0.811. The zero-order chi connectivity index (χ0) is 11.0. The normalized spacial score (nSPS) is 15.9. The molecule has 0 unspecified atom stereocenters. The van der Waals surface area contributed by atoms with Crippen LogP contribution >= 0.6 is 0 Å². The van der Waals surface area contributed by atoms with Gasteiger partial charge in [0.15, 0.2) is 0 Å². The molecule has 0 radical (unpaired) electrons. The van der Waals surface area contributed by atoms with Crippen LogP contribution in [0.2, 0.25) is 0 Å². The van der Waals surface area contributed by atoms with Gasteiger partial charge in [0.1, 0.15) is 0 Å². The van der Waals surface area contributed by atoms with E-state index in [1.54, 1.807) is 0 Å². The lowest BCUT2D eigenvalue weighted by atomic mass is 10.1. The summed E-state index contributed by atoms with van der Waals surface area (Å²) >= 11 is 0. The summed E-state index contributed by atoms with van der Waals surface area (Å²) in [6, 6.07) is 8.05. The Morgan fingerprint density at radius 2 is 1.94 bits per heavy atom. The van der Waals surface area contributed by atoms with Crippen LogP contribution in [0, 0.1) is 0 Å². The van der Waals surface area contributed by atoms with Gasteiger partial charge < -0.3 is 10.6 Å². The fourth-order valence-corrected chi connectivity index (χ4v) is 2.39. The number of nitrogens with zero attached hydrogens (tertiary/aromatic N) is 2. The van der Waals surface area contributed by atoms with Crippen LogP contribution in [0.5, 0.6) is 0 Å². The monoisotopic (exact) mass is 213 g/mol. The third-order valence-corrected chi connectivity index (χ3v) is 3.23. The molecule has 1 aliphatic heterocycles. The summed E-state index contributed by atoms with van der Waals surface area (Å²) in [7, 11) is 0. The molecule has 1 aromatic heterocycles. The van der Waals surface area contributed by atoms with Gasteiger partial charge in [0.2, 0.25) is 0 Å². The van der Waals surface area contributed by atoms with E-state index in [1.807, 2.05) is 24.4 Å². The second kappa shape index (κ2) is 3.67. The van der Waals surface area contributed by atoms with Crippen LogP contribution in [0.25, 0.3) is 10.9 Å². The predicted molar refractivity (Wildman–Crippen MR) is 67.6 cm³/mol. The van der Waals surface area contributed by atoms with Crippen LogP contribution in [0.4, 0.5) is 11.4 Å². The summed E-state index contributed by atoms with van der Waals surface area (Å²) < 4.78 is 0. The Kier molecular flexibility index (Phi) is 2.17. The number of nitrogens with two attached hydrogens (primary N) is 1. The van der Waals surface area contributed by atoms with Crippen LogP contribution in [0.1, 0.15) is 12.8 Å². The number of hydrogen-bond acceptors (Lipinski definition) is 3. The van der Waals surface area contributed by atoms with E-state index in [-0.39, 0.29) is 0 Å². The Morgan fingerprint density at radius 1 is 1.12 bits per heavy atom. The van der Waals surface area contributed by atoms with Gasteiger partial charge in [-0.2, -0.15) is 0 Å². The molecule has 1 aromatic carbocycles. The van der Waals surface area contributed by atoms with E-state index in [0.29, 0.717) is 0 Å². The lowest BCUT2D eigenvalue weighted by Crippen LogP contribution is -2.18. The van der Waals surface area contributed by atoms with Crippen molar-refractivity contribution in [2.75, 3.05) is 23.7 Å². The quantitative estimate of drug-likeness (QED) is 0.740. The summed E-state index contributed by atoms with van der Waals surface area (Å²) in [5.74, 6) is 0. The van der Waals surface area contributed by atoms with Gasteiger partial charge in [0.05, 0.1) is 11.2 Å². The number of benzene rings is 1. The number of hydrogen-bond donors (Lipinski definition) is 1. The predicted octanol–water partition coefficient (Wildman–Crippen LogP) is 2.42. The molecular weight excluding hydrogens is 198 g/mol. The lowest BCUT2D eigenvalue weighted by Gasteiger charge is -2.19. The van der Waals surface area contributed by atoms with Crippen LogP contribution < -0.4 is 10.6 Å². The molecule has 2 aromatic rings. The van der Waals surface area contributed by atoms with Crippen molar-refractivity contribution < 1.29 is 0 Å². The van der Waals surface area contributed by atoms with Gasteiger partial charge in [-0.1, -0.05) is 0 Å². The lowest BCUT2D eigenvalue weighted by molar-refractivity contribution is 0.949. The molecule has 0 atom stereocenters. The average Bonchev–Trinajstić information content (AvgIpc) is 2.83. The van der Waals surface area contributed by atoms with Crippen molar-refractivity contribution in [1.82, 2.24) is 4.98 Å². The highest BCUT2D eigenvalue weighted by Gasteiger charge is 2.15. The molecule has 1 fully saturated rings. The van der Waals surface area contributed by atoms with Gasteiger partial charge in [-0.15, -0.1) is 0 Å². The molecule has 0 bridgehead atoms. The van der Waals surface area contributed by atoms with Crippen molar-refractivity contribution in [3.63, 3.8) is 0 Å². The summed E-state index contributed by atoms with van der Waals surface area (Å²) in [4.78, 5) is 6.86. The topological polar surface area (TPSA) is 42.1 Å². The second-order valence-corrected chi connectivity index (χ2v) is 4.27. The fourth-order valence-electron chi connectivity index (χ4n) is 2.39. The molecule has 0 amide bonds. The maximum Gasteiger partial charge on any atom is 0.0955 e. The summed E-state index contributed by atoms with van der Waals surface area (Å²) in [6.45, 7) is 2.27. The standard InChI is InChI=1S/C13H15N3/c14-11-5-6-12(16-8-1-2-9-16)13-10(11)4-3-7-15-13/h3-7H,1-2,8-9,14H2. The molecule has 0 saturated carbocycles. The van der Waals surface area contributed by atoms with Crippen LogP contribution in [-0.4, -0.2) is 18.1 Å². The van der Waals surface area contributed by atoms with Gasteiger partial charge in [0, 0.05) is 30.4 Å². The van der Waals surface area contributed by atoms with E-state index >= 15 is 0 Å².